The number of imidazole rings is 1. The van der Waals surface area contributed by atoms with Crippen LogP contribution in [0.25, 0.3) is 33.3 Å². The number of aromatic amines is 2. The van der Waals surface area contributed by atoms with Gasteiger partial charge in [0, 0.05) is 5.56 Å². The van der Waals surface area contributed by atoms with Crippen LogP contribution in [-0.2, 0) is 0 Å². The number of para-hydroxylation sites is 1. The van der Waals surface area contributed by atoms with Gasteiger partial charge in [-0.3, -0.25) is 4.79 Å². The van der Waals surface area contributed by atoms with Gasteiger partial charge in [0.25, 0.3) is 5.56 Å². The molecule has 6 heteroatoms. The van der Waals surface area contributed by atoms with Gasteiger partial charge in [0.2, 0.25) is 0 Å². The van der Waals surface area contributed by atoms with Crippen LogP contribution in [0.2, 0.25) is 0 Å². The lowest BCUT2D eigenvalue weighted by Crippen LogP contribution is -2.09. The second kappa shape index (κ2) is 4.17. The molecule has 4 aromatic rings. The Morgan fingerprint density at radius 3 is 2.71 bits per heavy atom. The average molecular weight is 277 g/mol. The molecular formula is C15H11N5O. The molecule has 2 aromatic heterocycles. The van der Waals surface area contributed by atoms with Crippen molar-refractivity contribution < 1.29 is 0 Å². The highest BCUT2D eigenvalue weighted by molar-refractivity contribution is 5.84. The summed E-state index contributed by atoms with van der Waals surface area (Å²) in [6, 6.07) is 12.8. The molecule has 0 amide bonds. The lowest BCUT2D eigenvalue weighted by atomic mass is 10.1. The molecular weight excluding hydrogens is 266 g/mol. The molecule has 21 heavy (non-hydrogen) atoms. The minimum atomic E-state index is -0.153. The van der Waals surface area contributed by atoms with Crippen molar-refractivity contribution in [3.05, 3.63) is 52.8 Å². The summed E-state index contributed by atoms with van der Waals surface area (Å²) < 4.78 is 0. The maximum atomic E-state index is 12.1. The SMILES string of the molecule is Nc1nc2ccc(-c3nc4ccccc4c(=O)[nH]3)cc2[nH]1. The largest absolute Gasteiger partial charge is 0.369 e. The van der Waals surface area contributed by atoms with Gasteiger partial charge in [-0.25, -0.2) is 9.97 Å². The van der Waals surface area contributed by atoms with Gasteiger partial charge in [-0.15, -0.1) is 0 Å². The number of nitrogen functional groups attached to an aromatic ring is 1. The van der Waals surface area contributed by atoms with Gasteiger partial charge in [-0.05, 0) is 30.3 Å². The summed E-state index contributed by atoms with van der Waals surface area (Å²) in [6.45, 7) is 0. The Hall–Kier alpha value is -3.15. The number of nitrogens with two attached hydrogens (primary N) is 1. The van der Waals surface area contributed by atoms with Crippen LogP contribution >= 0.6 is 0 Å². The van der Waals surface area contributed by atoms with Crippen molar-refractivity contribution in [2.24, 2.45) is 0 Å². The van der Waals surface area contributed by atoms with E-state index in [9.17, 15) is 4.79 Å². The maximum absolute atomic E-state index is 12.1. The summed E-state index contributed by atoms with van der Waals surface area (Å²) in [7, 11) is 0. The van der Waals surface area contributed by atoms with Gasteiger partial charge in [-0.2, -0.15) is 0 Å². The van der Waals surface area contributed by atoms with E-state index in [4.69, 9.17) is 5.73 Å². The van der Waals surface area contributed by atoms with E-state index in [1.54, 1.807) is 6.07 Å². The Labute approximate surface area is 118 Å². The molecule has 0 bridgehead atoms. The first-order valence-electron chi connectivity index (χ1n) is 6.45. The third-order valence-corrected chi connectivity index (χ3v) is 3.39. The minimum Gasteiger partial charge on any atom is -0.369 e. The van der Waals surface area contributed by atoms with Gasteiger partial charge < -0.3 is 15.7 Å². The number of fused-ring (bicyclic) bond motifs is 2. The molecule has 6 nitrogen and oxygen atoms in total. The van der Waals surface area contributed by atoms with Crippen molar-refractivity contribution >= 4 is 27.9 Å². The molecule has 4 N–H and O–H groups in total. The molecule has 2 heterocycles. The molecule has 0 unspecified atom stereocenters. The molecule has 0 aliphatic heterocycles. The van der Waals surface area contributed by atoms with Crippen molar-refractivity contribution in [2.75, 3.05) is 5.73 Å². The normalized spacial score (nSPS) is 11.2. The first-order valence-corrected chi connectivity index (χ1v) is 6.45. The van der Waals surface area contributed by atoms with E-state index in [0.29, 0.717) is 22.7 Å². The van der Waals surface area contributed by atoms with E-state index in [0.717, 1.165) is 16.6 Å². The molecule has 0 saturated carbocycles. The zero-order valence-electron chi connectivity index (χ0n) is 10.9. The van der Waals surface area contributed by atoms with Crippen LogP contribution < -0.4 is 11.3 Å². The van der Waals surface area contributed by atoms with Crippen LogP contribution in [0.15, 0.2) is 47.3 Å². The quantitative estimate of drug-likeness (QED) is 0.495. The van der Waals surface area contributed by atoms with E-state index in [1.165, 1.54) is 0 Å². The molecule has 102 valence electrons. The molecule has 0 aliphatic rings. The summed E-state index contributed by atoms with van der Waals surface area (Å²) in [4.78, 5) is 26.5. The van der Waals surface area contributed by atoms with Crippen molar-refractivity contribution in [3.63, 3.8) is 0 Å². The van der Waals surface area contributed by atoms with E-state index in [1.807, 2.05) is 36.4 Å². The number of aromatic nitrogens is 4. The standard InChI is InChI=1S/C15H11N5O/c16-15-18-11-6-5-8(7-12(11)19-15)13-17-10-4-2-1-3-9(10)14(21)20-13/h1-7H,(H3,16,18,19)(H,17,20,21). The molecule has 4 rings (SSSR count). The Morgan fingerprint density at radius 1 is 0.952 bits per heavy atom. The van der Waals surface area contributed by atoms with Gasteiger partial charge in [-0.1, -0.05) is 12.1 Å². The molecule has 2 aromatic carbocycles. The molecule has 0 spiro atoms. The highest BCUT2D eigenvalue weighted by Crippen LogP contribution is 2.21. The summed E-state index contributed by atoms with van der Waals surface area (Å²) in [5.41, 5.74) is 8.54. The second-order valence-electron chi connectivity index (χ2n) is 4.79. The van der Waals surface area contributed by atoms with Crippen LogP contribution in [-0.4, -0.2) is 19.9 Å². The van der Waals surface area contributed by atoms with Crippen LogP contribution in [0.4, 0.5) is 5.95 Å². The van der Waals surface area contributed by atoms with Crippen LogP contribution in [0.5, 0.6) is 0 Å². The third kappa shape index (κ3) is 1.85. The first kappa shape index (κ1) is 11.7. The summed E-state index contributed by atoms with van der Waals surface area (Å²) in [5, 5.41) is 0.577. The first-order chi connectivity index (χ1) is 10.2. The number of anilines is 1. The molecule has 0 atom stereocenters. The summed E-state index contributed by atoms with van der Waals surface area (Å²) in [5.74, 6) is 0.885. The monoisotopic (exact) mass is 277 g/mol. The molecule has 0 saturated heterocycles. The van der Waals surface area contributed by atoms with Crippen molar-refractivity contribution in [1.29, 1.82) is 0 Å². The van der Waals surface area contributed by atoms with E-state index in [2.05, 4.69) is 19.9 Å². The second-order valence-corrected chi connectivity index (χ2v) is 4.79. The van der Waals surface area contributed by atoms with E-state index >= 15 is 0 Å². The van der Waals surface area contributed by atoms with Gasteiger partial charge in [0.1, 0.15) is 5.82 Å². The predicted octanol–water partition coefficient (Wildman–Crippen LogP) is 2.05. The number of H-pyrrole nitrogens is 2. The van der Waals surface area contributed by atoms with E-state index < -0.39 is 0 Å². The Balaban J connectivity index is 1.97. The fourth-order valence-electron chi connectivity index (χ4n) is 2.40. The van der Waals surface area contributed by atoms with Crippen molar-refractivity contribution in [2.45, 2.75) is 0 Å². The summed E-state index contributed by atoms with van der Waals surface area (Å²) in [6.07, 6.45) is 0. The number of benzene rings is 2. The number of nitrogens with zero attached hydrogens (tertiary/aromatic N) is 2. The minimum absolute atomic E-state index is 0.153. The Morgan fingerprint density at radius 2 is 1.81 bits per heavy atom. The molecule has 0 radical (unpaired) electrons. The zero-order valence-corrected chi connectivity index (χ0v) is 10.9. The smallest absolute Gasteiger partial charge is 0.259 e. The molecule has 0 fully saturated rings. The Bertz CT molecular complexity index is 1030. The number of nitrogens with one attached hydrogen (secondary N) is 2. The summed E-state index contributed by atoms with van der Waals surface area (Å²) >= 11 is 0. The lowest BCUT2D eigenvalue weighted by molar-refractivity contribution is 1.18. The van der Waals surface area contributed by atoms with Crippen LogP contribution in [0.3, 0.4) is 0 Å². The maximum Gasteiger partial charge on any atom is 0.259 e. The van der Waals surface area contributed by atoms with Gasteiger partial charge in [0.05, 0.1) is 21.9 Å². The zero-order chi connectivity index (χ0) is 14.4. The van der Waals surface area contributed by atoms with Crippen molar-refractivity contribution in [3.8, 4) is 11.4 Å². The van der Waals surface area contributed by atoms with E-state index in [-0.39, 0.29) is 5.56 Å². The van der Waals surface area contributed by atoms with Gasteiger partial charge in [0.15, 0.2) is 5.95 Å². The van der Waals surface area contributed by atoms with Crippen LogP contribution in [0, 0.1) is 0 Å². The number of hydrogen-bond donors (Lipinski definition) is 3. The average Bonchev–Trinajstić information content (AvgIpc) is 2.86. The highest BCUT2D eigenvalue weighted by atomic mass is 16.1. The fourth-order valence-corrected chi connectivity index (χ4v) is 2.40. The topological polar surface area (TPSA) is 100 Å². The van der Waals surface area contributed by atoms with Crippen LogP contribution in [0.1, 0.15) is 0 Å². The number of hydrogen-bond acceptors (Lipinski definition) is 4. The predicted molar refractivity (Wildman–Crippen MR) is 81.9 cm³/mol. The third-order valence-electron chi connectivity index (χ3n) is 3.39. The number of rotatable bonds is 1. The van der Waals surface area contributed by atoms with Gasteiger partial charge >= 0.3 is 0 Å². The fraction of sp³-hybridized carbons (Fsp3) is 0. The lowest BCUT2D eigenvalue weighted by Gasteiger charge is -2.03. The van der Waals surface area contributed by atoms with Crippen molar-refractivity contribution in [1.82, 2.24) is 19.9 Å². The Kier molecular flexibility index (Phi) is 2.32. The highest BCUT2D eigenvalue weighted by Gasteiger charge is 2.07. The molecule has 0 aliphatic carbocycles.